The van der Waals surface area contributed by atoms with Crippen LogP contribution in [0.3, 0.4) is 0 Å². The van der Waals surface area contributed by atoms with Gasteiger partial charge in [0.2, 0.25) is 5.91 Å². The maximum atomic E-state index is 12.1. The van der Waals surface area contributed by atoms with E-state index >= 15 is 0 Å². The van der Waals surface area contributed by atoms with Gasteiger partial charge in [0.05, 0.1) is 28.6 Å². The molecule has 8 nitrogen and oxygen atoms in total. The quantitative estimate of drug-likeness (QED) is 0.183. The zero-order chi connectivity index (χ0) is 24.5. The smallest absolute Gasteiger partial charge is 0.269 e. The first-order valence-electron chi connectivity index (χ1n) is 10.2. The number of benzene rings is 3. The Hall–Kier alpha value is -3.24. The van der Waals surface area contributed by atoms with Crippen LogP contribution in [0.15, 0.2) is 74.7 Å². The minimum atomic E-state index is -0.447. The van der Waals surface area contributed by atoms with Gasteiger partial charge in [-0.2, -0.15) is 5.10 Å². The van der Waals surface area contributed by atoms with E-state index in [1.807, 2.05) is 31.2 Å². The normalized spacial score (nSPS) is 10.8. The minimum Gasteiger partial charge on any atom is -0.490 e. The molecule has 0 spiro atoms. The number of ether oxygens (including phenoxy) is 2. The minimum absolute atomic E-state index is 0.0208. The summed E-state index contributed by atoms with van der Waals surface area (Å²) >= 11 is 6.86. The molecule has 1 N–H and O–H groups in total. The largest absolute Gasteiger partial charge is 0.490 e. The molecule has 176 valence electrons. The summed E-state index contributed by atoms with van der Waals surface area (Å²) in [5.74, 6) is 0.767. The summed E-state index contributed by atoms with van der Waals surface area (Å²) in [6, 6.07) is 17.2. The van der Waals surface area contributed by atoms with Crippen LogP contribution in [-0.4, -0.2) is 23.7 Å². The van der Waals surface area contributed by atoms with Crippen LogP contribution in [0, 0.1) is 10.1 Å². The third-order valence-corrected chi connectivity index (χ3v) is 5.66. The van der Waals surface area contributed by atoms with E-state index in [4.69, 9.17) is 9.47 Å². The molecule has 0 saturated heterocycles. The number of rotatable bonds is 10. The van der Waals surface area contributed by atoms with Gasteiger partial charge in [-0.1, -0.05) is 28.1 Å². The number of hydrogen-bond acceptors (Lipinski definition) is 6. The molecule has 0 fully saturated rings. The van der Waals surface area contributed by atoms with Gasteiger partial charge in [0, 0.05) is 16.6 Å². The Labute approximate surface area is 213 Å². The summed E-state index contributed by atoms with van der Waals surface area (Å²) in [6.07, 6.45) is 1.74. The summed E-state index contributed by atoms with van der Waals surface area (Å²) in [5.41, 5.74) is 4.90. The van der Waals surface area contributed by atoms with Crippen LogP contribution in [-0.2, 0) is 17.8 Å². The van der Waals surface area contributed by atoms with Crippen LogP contribution in [0.4, 0.5) is 5.69 Å². The van der Waals surface area contributed by atoms with E-state index in [1.165, 1.54) is 18.3 Å². The molecule has 1 amide bonds. The number of non-ortho nitro benzene ring substituents is 1. The molecule has 0 heterocycles. The predicted molar refractivity (Wildman–Crippen MR) is 136 cm³/mol. The van der Waals surface area contributed by atoms with Crippen molar-refractivity contribution in [1.29, 1.82) is 0 Å². The van der Waals surface area contributed by atoms with Crippen LogP contribution in [0.25, 0.3) is 0 Å². The van der Waals surface area contributed by atoms with Gasteiger partial charge in [-0.25, -0.2) is 5.43 Å². The number of nitro benzene ring substituents is 1. The Balaban J connectivity index is 1.65. The molecule has 0 bridgehead atoms. The van der Waals surface area contributed by atoms with Crippen molar-refractivity contribution in [1.82, 2.24) is 5.43 Å². The SMILES string of the molecule is CCOc1cc(/C=N\NC(=O)Cc2ccc(Br)cc2)cc(Br)c1OCc1ccc([N+](=O)[O-])cc1. The van der Waals surface area contributed by atoms with Gasteiger partial charge in [-0.3, -0.25) is 14.9 Å². The molecule has 0 aliphatic carbocycles. The Kier molecular flexibility index (Phi) is 9.17. The summed E-state index contributed by atoms with van der Waals surface area (Å²) in [4.78, 5) is 22.5. The molecule has 0 aromatic heterocycles. The highest BCUT2D eigenvalue weighted by Gasteiger charge is 2.13. The van der Waals surface area contributed by atoms with E-state index in [2.05, 4.69) is 42.4 Å². The molecule has 0 aliphatic heterocycles. The molecule has 3 aromatic carbocycles. The Morgan fingerprint density at radius 2 is 1.74 bits per heavy atom. The van der Waals surface area contributed by atoms with Crippen LogP contribution in [0.2, 0.25) is 0 Å². The topological polar surface area (TPSA) is 103 Å². The maximum Gasteiger partial charge on any atom is 0.269 e. The van der Waals surface area contributed by atoms with E-state index < -0.39 is 4.92 Å². The number of hydrogen-bond donors (Lipinski definition) is 1. The van der Waals surface area contributed by atoms with Crippen molar-refractivity contribution in [2.45, 2.75) is 20.0 Å². The lowest BCUT2D eigenvalue weighted by Crippen LogP contribution is -2.19. The number of hydrazone groups is 1. The zero-order valence-corrected chi connectivity index (χ0v) is 21.3. The molecular weight excluding hydrogens is 570 g/mol. The monoisotopic (exact) mass is 589 g/mol. The summed E-state index contributed by atoms with van der Waals surface area (Å²) < 4.78 is 13.2. The van der Waals surface area contributed by atoms with Crippen molar-refractivity contribution < 1.29 is 19.2 Å². The number of carbonyl (C=O) groups is 1. The van der Waals surface area contributed by atoms with Gasteiger partial charge in [0.25, 0.3) is 5.69 Å². The predicted octanol–water partition coefficient (Wildman–Crippen LogP) is 5.79. The van der Waals surface area contributed by atoms with Gasteiger partial charge in [-0.15, -0.1) is 0 Å². The fraction of sp³-hybridized carbons (Fsp3) is 0.167. The highest BCUT2D eigenvalue weighted by atomic mass is 79.9. The van der Waals surface area contributed by atoms with Gasteiger partial charge >= 0.3 is 0 Å². The van der Waals surface area contributed by atoms with Crippen LogP contribution in [0.5, 0.6) is 11.5 Å². The summed E-state index contributed by atoms with van der Waals surface area (Å²) in [7, 11) is 0. The molecule has 34 heavy (non-hydrogen) atoms. The van der Waals surface area contributed by atoms with Crippen molar-refractivity contribution in [2.75, 3.05) is 6.61 Å². The maximum absolute atomic E-state index is 12.1. The van der Waals surface area contributed by atoms with Crippen LogP contribution >= 0.6 is 31.9 Å². The molecule has 0 radical (unpaired) electrons. The highest BCUT2D eigenvalue weighted by molar-refractivity contribution is 9.10. The summed E-state index contributed by atoms with van der Waals surface area (Å²) in [6.45, 7) is 2.48. The van der Waals surface area contributed by atoms with Crippen LogP contribution < -0.4 is 14.9 Å². The number of halogens is 2. The third-order valence-electron chi connectivity index (χ3n) is 4.54. The van der Waals surface area contributed by atoms with Gasteiger partial charge in [0.15, 0.2) is 11.5 Å². The van der Waals surface area contributed by atoms with E-state index in [-0.39, 0.29) is 24.6 Å². The standard InChI is InChI=1S/C24H21Br2N3O5/c1-2-33-22-12-18(14-27-28-23(30)13-16-3-7-19(25)8-4-16)11-21(26)24(22)34-15-17-5-9-20(10-6-17)29(31)32/h3-12,14H,2,13,15H2,1H3,(H,28,30)/b27-14-. The molecule has 0 atom stereocenters. The molecule has 10 heteroatoms. The Morgan fingerprint density at radius 3 is 2.38 bits per heavy atom. The first kappa shape index (κ1) is 25.4. The third kappa shape index (κ3) is 7.39. The molecule has 0 aliphatic rings. The highest BCUT2D eigenvalue weighted by Crippen LogP contribution is 2.37. The van der Waals surface area contributed by atoms with E-state index in [0.29, 0.717) is 28.1 Å². The zero-order valence-electron chi connectivity index (χ0n) is 18.2. The lowest BCUT2D eigenvalue weighted by atomic mass is 10.1. The second kappa shape index (κ2) is 12.3. The number of carbonyl (C=O) groups excluding carboxylic acids is 1. The average molecular weight is 591 g/mol. The van der Waals surface area contributed by atoms with Crippen LogP contribution in [0.1, 0.15) is 23.6 Å². The second-order valence-electron chi connectivity index (χ2n) is 7.07. The lowest BCUT2D eigenvalue weighted by Gasteiger charge is -2.14. The number of amides is 1. The molecule has 0 unspecified atom stereocenters. The molecular formula is C24H21Br2N3O5. The fourth-order valence-electron chi connectivity index (χ4n) is 2.94. The van der Waals surface area contributed by atoms with E-state index in [0.717, 1.165) is 15.6 Å². The Morgan fingerprint density at radius 1 is 1.06 bits per heavy atom. The Bertz CT molecular complexity index is 1180. The van der Waals surface area contributed by atoms with Crippen molar-refractivity contribution >= 4 is 49.7 Å². The average Bonchev–Trinajstić information content (AvgIpc) is 2.80. The summed E-state index contributed by atoms with van der Waals surface area (Å²) in [5, 5.41) is 14.8. The van der Waals surface area contributed by atoms with Gasteiger partial charge in [-0.05, 0) is 75.9 Å². The first-order chi connectivity index (χ1) is 16.4. The number of nitro groups is 1. The number of nitrogens with zero attached hydrogens (tertiary/aromatic N) is 2. The molecule has 3 aromatic rings. The van der Waals surface area contributed by atoms with Crippen molar-refractivity contribution in [3.05, 3.63) is 96.4 Å². The van der Waals surface area contributed by atoms with Crippen molar-refractivity contribution in [3.8, 4) is 11.5 Å². The van der Waals surface area contributed by atoms with Crippen molar-refractivity contribution in [2.24, 2.45) is 5.10 Å². The molecule has 0 saturated carbocycles. The second-order valence-corrected chi connectivity index (χ2v) is 8.84. The van der Waals surface area contributed by atoms with Crippen molar-refractivity contribution in [3.63, 3.8) is 0 Å². The molecule has 3 rings (SSSR count). The lowest BCUT2D eigenvalue weighted by molar-refractivity contribution is -0.384. The first-order valence-corrected chi connectivity index (χ1v) is 11.8. The van der Waals surface area contributed by atoms with Gasteiger partial charge < -0.3 is 9.47 Å². The number of nitrogens with one attached hydrogen (secondary N) is 1. The fourth-order valence-corrected chi connectivity index (χ4v) is 3.78. The van der Waals surface area contributed by atoms with E-state index in [1.54, 1.807) is 24.3 Å². The van der Waals surface area contributed by atoms with E-state index in [9.17, 15) is 14.9 Å². The van der Waals surface area contributed by atoms with Gasteiger partial charge in [0.1, 0.15) is 6.61 Å².